The molecule has 2 rings (SSSR count). The van der Waals surface area contributed by atoms with E-state index in [4.69, 9.17) is 22.7 Å². The molecule has 4 nitrogen and oxygen atoms in total. The van der Waals surface area contributed by atoms with E-state index < -0.39 is 0 Å². The van der Waals surface area contributed by atoms with Crippen molar-refractivity contribution in [2.45, 2.75) is 18.9 Å². The largest absolute Gasteiger partial charge is 0.388 e. The van der Waals surface area contributed by atoms with Crippen molar-refractivity contribution < 1.29 is 4.74 Å². The number of nitrogens with two attached hydrogens (primary N) is 1. The second-order valence-corrected chi connectivity index (χ2v) is 4.26. The molecule has 1 saturated heterocycles. The van der Waals surface area contributed by atoms with Gasteiger partial charge in [0.15, 0.2) is 0 Å². The van der Waals surface area contributed by atoms with Crippen LogP contribution in [0.4, 0.5) is 5.69 Å². The summed E-state index contributed by atoms with van der Waals surface area (Å²) in [4.78, 5) is 4.43. The van der Waals surface area contributed by atoms with E-state index in [1.54, 1.807) is 6.20 Å². The fourth-order valence-corrected chi connectivity index (χ4v) is 1.84. The third-order valence-corrected chi connectivity index (χ3v) is 2.81. The van der Waals surface area contributed by atoms with Crippen molar-refractivity contribution >= 4 is 22.9 Å². The molecule has 3 N–H and O–H groups in total. The van der Waals surface area contributed by atoms with Crippen LogP contribution in [0.2, 0.25) is 0 Å². The zero-order valence-corrected chi connectivity index (χ0v) is 9.80. The van der Waals surface area contributed by atoms with Gasteiger partial charge in [0.05, 0.1) is 5.69 Å². The first kappa shape index (κ1) is 11.3. The number of nitrogens with one attached hydrogen (secondary N) is 1. The number of aromatic nitrogens is 1. The van der Waals surface area contributed by atoms with Gasteiger partial charge in [-0.25, -0.2) is 0 Å². The molecule has 2 heterocycles. The van der Waals surface area contributed by atoms with Crippen molar-refractivity contribution in [3.63, 3.8) is 0 Å². The van der Waals surface area contributed by atoms with Crippen molar-refractivity contribution in [2.75, 3.05) is 18.5 Å². The van der Waals surface area contributed by atoms with Gasteiger partial charge in [0, 0.05) is 31.1 Å². The van der Waals surface area contributed by atoms with Crippen LogP contribution in [0, 0.1) is 0 Å². The summed E-state index contributed by atoms with van der Waals surface area (Å²) in [6.45, 7) is 1.65. The van der Waals surface area contributed by atoms with Crippen LogP contribution in [0.15, 0.2) is 18.3 Å². The molecule has 1 aromatic rings. The molecule has 16 heavy (non-hydrogen) atoms. The molecule has 1 aliphatic rings. The third-order valence-electron chi connectivity index (χ3n) is 2.60. The number of rotatable bonds is 3. The Labute approximate surface area is 100 Å². The van der Waals surface area contributed by atoms with Crippen LogP contribution < -0.4 is 11.1 Å². The maximum absolute atomic E-state index is 5.54. The Balaban J connectivity index is 2.02. The van der Waals surface area contributed by atoms with Gasteiger partial charge in [-0.15, -0.1) is 0 Å². The topological polar surface area (TPSA) is 60.2 Å². The number of hydrogen-bond donors (Lipinski definition) is 2. The maximum atomic E-state index is 5.54. The van der Waals surface area contributed by atoms with E-state index in [1.807, 2.05) is 12.1 Å². The summed E-state index contributed by atoms with van der Waals surface area (Å²) in [5.74, 6) is 0. The summed E-state index contributed by atoms with van der Waals surface area (Å²) in [5, 5.41) is 3.44. The van der Waals surface area contributed by atoms with Gasteiger partial charge in [0.2, 0.25) is 0 Å². The average Bonchev–Trinajstić information content (AvgIpc) is 2.30. The van der Waals surface area contributed by atoms with E-state index in [1.165, 1.54) is 0 Å². The van der Waals surface area contributed by atoms with Gasteiger partial charge >= 0.3 is 0 Å². The average molecular weight is 237 g/mol. The minimum absolute atomic E-state index is 0.329. The molecular weight excluding hydrogens is 222 g/mol. The Bertz CT molecular complexity index is 377. The van der Waals surface area contributed by atoms with Gasteiger partial charge in [0.1, 0.15) is 4.99 Å². The summed E-state index contributed by atoms with van der Waals surface area (Å²) in [5.41, 5.74) is 7.21. The fraction of sp³-hybridized carbons (Fsp3) is 0.455. The highest BCUT2D eigenvalue weighted by molar-refractivity contribution is 7.80. The molecule has 0 bridgehead atoms. The van der Waals surface area contributed by atoms with Crippen molar-refractivity contribution in [2.24, 2.45) is 5.73 Å². The van der Waals surface area contributed by atoms with Gasteiger partial charge in [-0.3, -0.25) is 4.98 Å². The van der Waals surface area contributed by atoms with Gasteiger partial charge < -0.3 is 15.8 Å². The van der Waals surface area contributed by atoms with Crippen LogP contribution in [0.3, 0.4) is 0 Å². The van der Waals surface area contributed by atoms with Crippen LogP contribution in [0.1, 0.15) is 18.5 Å². The highest BCUT2D eigenvalue weighted by Gasteiger charge is 2.13. The Morgan fingerprint density at radius 1 is 1.50 bits per heavy atom. The van der Waals surface area contributed by atoms with Gasteiger partial charge in [-0.05, 0) is 25.0 Å². The zero-order chi connectivity index (χ0) is 11.4. The van der Waals surface area contributed by atoms with Crippen molar-refractivity contribution in [1.29, 1.82) is 0 Å². The standard InChI is InChI=1S/C11H15N3OS/c12-11(16)10-7-9(1-4-13-10)14-8-2-5-15-6-3-8/h1,4,7-8H,2-3,5-6H2,(H2,12,16)(H,13,14). The fourth-order valence-electron chi connectivity index (χ4n) is 1.73. The molecule has 0 aromatic carbocycles. The maximum Gasteiger partial charge on any atom is 0.122 e. The molecule has 5 heteroatoms. The monoisotopic (exact) mass is 237 g/mol. The van der Waals surface area contributed by atoms with Gasteiger partial charge in [-0.2, -0.15) is 0 Å². The minimum atomic E-state index is 0.329. The van der Waals surface area contributed by atoms with Crippen LogP contribution in [-0.2, 0) is 4.74 Å². The Kier molecular flexibility index (Phi) is 3.69. The molecular formula is C11H15N3OS. The zero-order valence-electron chi connectivity index (χ0n) is 8.98. The third kappa shape index (κ3) is 2.90. The second kappa shape index (κ2) is 5.23. The Morgan fingerprint density at radius 2 is 2.25 bits per heavy atom. The Morgan fingerprint density at radius 3 is 2.94 bits per heavy atom. The smallest absolute Gasteiger partial charge is 0.122 e. The lowest BCUT2D eigenvalue weighted by atomic mass is 10.1. The predicted octanol–water partition coefficient (Wildman–Crippen LogP) is 1.31. The highest BCUT2D eigenvalue weighted by Crippen LogP contribution is 2.15. The summed E-state index contributed by atoms with van der Waals surface area (Å²) in [6, 6.07) is 4.28. The molecule has 1 aliphatic heterocycles. The molecule has 0 aliphatic carbocycles. The van der Waals surface area contributed by atoms with E-state index in [-0.39, 0.29) is 0 Å². The molecule has 0 amide bonds. The minimum Gasteiger partial charge on any atom is -0.388 e. The molecule has 1 aromatic heterocycles. The number of ether oxygens (including phenoxy) is 1. The predicted molar refractivity (Wildman–Crippen MR) is 67.6 cm³/mol. The highest BCUT2D eigenvalue weighted by atomic mass is 32.1. The lowest BCUT2D eigenvalue weighted by Crippen LogP contribution is -2.28. The van der Waals surface area contributed by atoms with Crippen LogP contribution >= 0.6 is 12.2 Å². The molecule has 0 radical (unpaired) electrons. The molecule has 0 atom stereocenters. The summed E-state index contributed by atoms with van der Waals surface area (Å²) >= 11 is 4.89. The lowest BCUT2D eigenvalue weighted by Gasteiger charge is -2.24. The molecule has 1 fully saturated rings. The van der Waals surface area contributed by atoms with Gasteiger partial charge in [0.25, 0.3) is 0 Å². The van der Waals surface area contributed by atoms with E-state index in [0.29, 0.717) is 16.7 Å². The first-order valence-electron chi connectivity index (χ1n) is 5.36. The number of nitrogens with zero attached hydrogens (tertiary/aromatic N) is 1. The molecule has 0 spiro atoms. The summed E-state index contributed by atoms with van der Waals surface area (Å²) < 4.78 is 5.31. The van der Waals surface area contributed by atoms with Crippen molar-refractivity contribution in [3.05, 3.63) is 24.0 Å². The number of pyridine rings is 1. The van der Waals surface area contributed by atoms with E-state index in [2.05, 4.69) is 10.3 Å². The molecule has 0 unspecified atom stereocenters. The number of thiocarbonyl (C=S) groups is 1. The quantitative estimate of drug-likeness (QED) is 0.776. The van der Waals surface area contributed by atoms with Crippen molar-refractivity contribution in [3.8, 4) is 0 Å². The van der Waals surface area contributed by atoms with E-state index >= 15 is 0 Å². The first-order valence-corrected chi connectivity index (χ1v) is 5.76. The number of anilines is 1. The van der Waals surface area contributed by atoms with E-state index in [9.17, 15) is 0 Å². The second-order valence-electron chi connectivity index (χ2n) is 3.82. The summed E-state index contributed by atoms with van der Waals surface area (Å²) in [7, 11) is 0. The molecule has 0 saturated carbocycles. The lowest BCUT2D eigenvalue weighted by molar-refractivity contribution is 0.0904. The first-order chi connectivity index (χ1) is 7.75. The summed E-state index contributed by atoms with van der Waals surface area (Å²) in [6.07, 6.45) is 3.78. The van der Waals surface area contributed by atoms with Gasteiger partial charge in [-0.1, -0.05) is 12.2 Å². The van der Waals surface area contributed by atoms with Crippen LogP contribution in [-0.4, -0.2) is 29.2 Å². The normalized spacial score (nSPS) is 17.0. The van der Waals surface area contributed by atoms with E-state index in [0.717, 1.165) is 31.7 Å². The SMILES string of the molecule is NC(=S)c1cc(NC2CCOCC2)ccn1. The van der Waals surface area contributed by atoms with Crippen LogP contribution in [0.25, 0.3) is 0 Å². The van der Waals surface area contributed by atoms with Crippen LogP contribution in [0.5, 0.6) is 0 Å². The van der Waals surface area contributed by atoms with Crippen molar-refractivity contribution in [1.82, 2.24) is 4.98 Å². The number of hydrogen-bond acceptors (Lipinski definition) is 4. The molecule has 86 valence electrons. The Hall–Kier alpha value is -1.20.